The Morgan fingerprint density at radius 3 is 1.70 bits per heavy atom. The third-order valence-electron chi connectivity index (χ3n) is 4.66. The maximum absolute atomic E-state index is 12.5. The Hall–Kier alpha value is -2.57. The minimum Gasteiger partial charge on any atom is -0.329 e. The van der Waals surface area contributed by atoms with Gasteiger partial charge in [-0.25, -0.2) is 4.79 Å². The van der Waals surface area contributed by atoms with Crippen LogP contribution in [0.2, 0.25) is 0 Å². The molecule has 27 heavy (non-hydrogen) atoms. The number of benzene rings is 2. The first-order chi connectivity index (χ1) is 12.5. The summed E-state index contributed by atoms with van der Waals surface area (Å²) in [7, 11) is 0. The second-order valence-electron chi connectivity index (χ2n) is 6.17. The van der Waals surface area contributed by atoms with Gasteiger partial charge < -0.3 is 21.7 Å². The van der Waals surface area contributed by atoms with Crippen LogP contribution in [0.5, 0.6) is 0 Å². The molecule has 0 spiro atoms. The van der Waals surface area contributed by atoms with Crippen molar-refractivity contribution in [1.29, 1.82) is 0 Å². The van der Waals surface area contributed by atoms with E-state index in [2.05, 4.69) is 16.0 Å². The number of hydrogen-bond donors (Lipinski definition) is 4. The first-order valence-electron chi connectivity index (χ1n) is 8.77. The van der Waals surface area contributed by atoms with Crippen LogP contribution in [0.15, 0.2) is 54.6 Å². The Balaban J connectivity index is 0.00000364. The zero-order valence-corrected chi connectivity index (χ0v) is 16.4. The number of nitrogens with two attached hydrogens (primary N) is 1. The van der Waals surface area contributed by atoms with E-state index >= 15 is 0 Å². The summed E-state index contributed by atoms with van der Waals surface area (Å²) in [6, 6.07) is 15.9. The molecule has 0 aliphatic carbocycles. The average Bonchev–Trinajstić information content (AvgIpc) is 2.66. The van der Waals surface area contributed by atoms with Crippen molar-refractivity contribution in [3.05, 3.63) is 54.6 Å². The van der Waals surface area contributed by atoms with Crippen molar-refractivity contribution in [2.45, 2.75) is 26.7 Å². The number of halogens is 1. The monoisotopic (exact) mass is 390 g/mol. The first kappa shape index (κ1) is 22.5. The van der Waals surface area contributed by atoms with Crippen LogP contribution in [0.4, 0.5) is 21.9 Å². The van der Waals surface area contributed by atoms with E-state index in [1.807, 2.05) is 44.2 Å². The minimum atomic E-state index is -0.549. The number of urea groups is 1. The molecule has 0 radical (unpaired) electrons. The summed E-state index contributed by atoms with van der Waals surface area (Å²) in [6.07, 6.45) is 1.37. The molecule has 2 aromatic rings. The lowest BCUT2D eigenvalue weighted by molar-refractivity contribution is -0.125. The van der Waals surface area contributed by atoms with Gasteiger partial charge in [-0.15, -0.1) is 12.4 Å². The van der Waals surface area contributed by atoms with Crippen LogP contribution in [-0.2, 0) is 4.79 Å². The lowest BCUT2D eigenvalue weighted by Crippen LogP contribution is -2.41. The van der Waals surface area contributed by atoms with Gasteiger partial charge in [0.2, 0.25) is 5.91 Å². The zero-order chi connectivity index (χ0) is 19.0. The lowest BCUT2D eigenvalue weighted by Gasteiger charge is -2.28. The number of hydrogen-bond acceptors (Lipinski definition) is 3. The highest BCUT2D eigenvalue weighted by Crippen LogP contribution is 2.27. The molecule has 0 heterocycles. The van der Waals surface area contributed by atoms with E-state index in [9.17, 15) is 9.59 Å². The topological polar surface area (TPSA) is 96.2 Å². The molecule has 0 saturated heterocycles. The summed E-state index contributed by atoms with van der Waals surface area (Å²) in [6.45, 7) is 4.24. The molecule has 0 aromatic heterocycles. The molecule has 5 N–H and O–H groups in total. The van der Waals surface area contributed by atoms with Gasteiger partial charge in [0.1, 0.15) is 0 Å². The van der Waals surface area contributed by atoms with Crippen molar-refractivity contribution in [1.82, 2.24) is 0 Å². The fourth-order valence-electron chi connectivity index (χ4n) is 2.67. The number of nitrogens with one attached hydrogen (secondary N) is 3. The Morgan fingerprint density at radius 2 is 1.26 bits per heavy atom. The van der Waals surface area contributed by atoms with Gasteiger partial charge in [0, 0.05) is 23.6 Å². The normalized spacial score (nSPS) is 10.5. The zero-order valence-electron chi connectivity index (χ0n) is 15.6. The van der Waals surface area contributed by atoms with Crippen molar-refractivity contribution < 1.29 is 9.59 Å². The van der Waals surface area contributed by atoms with Crippen molar-refractivity contribution in [2.24, 2.45) is 11.1 Å². The summed E-state index contributed by atoms with van der Waals surface area (Å²) in [5, 5.41) is 8.41. The largest absolute Gasteiger partial charge is 0.329 e. The molecule has 0 saturated carbocycles. The number of rotatable bonds is 7. The van der Waals surface area contributed by atoms with E-state index in [0.717, 1.165) is 0 Å². The minimum absolute atomic E-state index is 0. The highest BCUT2D eigenvalue weighted by molar-refractivity contribution is 6.00. The number of para-hydroxylation sites is 1. The molecule has 2 rings (SSSR count). The van der Waals surface area contributed by atoms with Gasteiger partial charge in [-0.1, -0.05) is 32.0 Å². The molecule has 6 nitrogen and oxygen atoms in total. The molecule has 0 aliphatic rings. The molecule has 146 valence electrons. The fourth-order valence-corrected chi connectivity index (χ4v) is 2.67. The van der Waals surface area contributed by atoms with E-state index in [0.29, 0.717) is 36.4 Å². The van der Waals surface area contributed by atoms with Crippen LogP contribution in [0, 0.1) is 5.41 Å². The Labute approximate surface area is 166 Å². The van der Waals surface area contributed by atoms with Gasteiger partial charge in [-0.05, 0) is 49.2 Å². The maximum atomic E-state index is 12.5. The van der Waals surface area contributed by atoms with Crippen LogP contribution in [0.1, 0.15) is 26.7 Å². The van der Waals surface area contributed by atoms with Crippen LogP contribution in [-0.4, -0.2) is 18.5 Å². The van der Waals surface area contributed by atoms with E-state index in [-0.39, 0.29) is 24.3 Å². The van der Waals surface area contributed by atoms with Gasteiger partial charge in [-0.2, -0.15) is 0 Å². The van der Waals surface area contributed by atoms with Crippen LogP contribution < -0.4 is 21.7 Å². The quantitative estimate of drug-likeness (QED) is 0.562. The predicted octanol–water partition coefficient (Wildman–Crippen LogP) is 4.46. The lowest BCUT2D eigenvalue weighted by atomic mass is 9.81. The van der Waals surface area contributed by atoms with Gasteiger partial charge in [0.25, 0.3) is 0 Å². The molecule has 0 fully saturated rings. The second kappa shape index (κ2) is 10.5. The van der Waals surface area contributed by atoms with Crippen molar-refractivity contribution in [3.8, 4) is 0 Å². The van der Waals surface area contributed by atoms with E-state index < -0.39 is 5.41 Å². The predicted molar refractivity (Wildman–Crippen MR) is 113 cm³/mol. The van der Waals surface area contributed by atoms with Gasteiger partial charge in [0.15, 0.2) is 0 Å². The Bertz CT molecular complexity index is 723. The van der Waals surface area contributed by atoms with E-state index in [4.69, 9.17) is 5.73 Å². The van der Waals surface area contributed by atoms with Crippen LogP contribution in [0.3, 0.4) is 0 Å². The smallest absolute Gasteiger partial charge is 0.323 e. The second-order valence-corrected chi connectivity index (χ2v) is 6.17. The summed E-state index contributed by atoms with van der Waals surface area (Å²) in [5.41, 5.74) is 7.28. The SMILES string of the molecule is CCC(CC)(CN)C(=O)Nc1ccc(NC(=O)Nc2ccccc2)cc1.Cl. The third kappa shape index (κ3) is 5.98. The molecule has 3 amide bonds. The van der Waals surface area contributed by atoms with Crippen LogP contribution >= 0.6 is 12.4 Å². The first-order valence-corrected chi connectivity index (χ1v) is 8.77. The van der Waals surface area contributed by atoms with Gasteiger partial charge >= 0.3 is 6.03 Å². The summed E-state index contributed by atoms with van der Waals surface area (Å²) in [5.74, 6) is -0.0764. The summed E-state index contributed by atoms with van der Waals surface area (Å²) >= 11 is 0. The van der Waals surface area contributed by atoms with E-state index in [1.165, 1.54) is 0 Å². The number of amides is 3. The number of anilines is 3. The highest BCUT2D eigenvalue weighted by atomic mass is 35.5. The molecule has 0 unspecified atom stereocenters. The molecular weight excluding hydrogens is 364 g/mol. The standard InChI is InChI=1S/C20H26N4O2.ClH/c1-3-20(4-2,14-21)18(25)22-16-10-12-17(13-11-16)24-19(26)23-15-8-6-5-7-9-15;/h5-13H,3-4,14,21H2,1-2H3,(H,22,25)(H2,23,24,26);1H. The fraction of sp³-hybridized carbons (Fsp3) is 0.300. The van der Waals surface area contributed by atoms with Gasteiger partial charge in [-0.3, -0.25) is 4.79 Å². The number of carbonyl (C=O) groups is 2. The number of carbonyl (C=O) groups excluding carboxylic acids is 2. The summed E-state index contributed by atoms with van der Waals surface area (Å²) < 4.78 is 0. The maximum Gasteiger partial charge on any atom is 0.323 e. The van der Waals surface area contributed by atoms with E-state index in [1.54, 1.807) is 24.3 Å². The molecule has 0 atom stereocenters. The molecular formula is C20H27ClN4O2. The third-order valence-corrected chi connectivity index (χ3v) is 4.66. The molecule has 0 aliphatic heterocycles. The van der Waals surface area contributed by atoms with Gasteiger partial charge in [0.05, 0.1) is 5.41 Å². The Kier molecular flexibility index (Phi) is 8.78. The Morgan fingerprint density at radius 1 is 0.815 bits per heavy atom. The van der Waals surface area contributed by atoms with Crippen LogP contribution in [0.25, 0.3) is 0 Å². The molecule has 7 heteroatoms. The highest BCUT2D eigenvalue weighted by Gasteiger charge is 2.33. The van der Waals surface area contributed by atoms with Crippen molar-refractivity contribution in [2.75, 3.05) is 22.5 Å². The molecule has 2 aromatic carbocycles. The van der Waals surface area contributed by atoms with Crippen molar-refractivity contribution >= 4 is 41.4 Å². The average molecular weight is 391 g/mol. The summed E-state index contributed by atoms with van der Waals surface area (Å²) in [4.78, 5) is 24.5. The molecule has 0 bridgehead atoms. The van der Waals surface area contributed by atoms with Crippen molar-refractivity contribution in [3.63, 3.8) is 0 Å².